The minimum atomic E-state index is -4.87. The van der Waals surface area contributed by atoms with Crippen molar-refractivity contribution >= 4 is 17.6 Å². The standard InChI is InChI=1S/C22H24F3N3O5/c1-14-11-27(12-15(2)32-14)21(30)28(13-16-6-8-17(9-7-16)20(29)26-31)18-4-3-5-19(10-18)33-22(23,24)25/h3-10,14-15,31H,11-13H2,1-2H3,(H,26,29). The molecule has 178 valence electrons. The monoisotopic (exact) mass is 467 g/mol. The van der Waals surface area contributed by atoms with Crippen LogP contribution in [0.15, 0.2) is 48.5 Å². The SMILES string of the molecule is CC1CN(C(=O)N(Cc2ccc(C(=O)NO)cc2)c2cccc(OC(F)(F)F)c2)CC(C)O1. The summed E-state index contributed by atoms with van der Waals surface area (Å²) in [5, 5.41) is 8.76. The number of halogens is 3. The number of nitrogens with zero attached hydrogens (tertiary/aromatic N) is 2. The van der Waals surface area contributed by atoms with Gasteiger partial charge in [-0.2, -0.15) is 0 Å². The molecule has 2 atom stereocenters. The second-order valence-corrected chi connectivity index (χ2v) is 7.71. The highest BCUT2D eigenvalue weighted by atomic mass is 19.4. The van der Waals surface area contributed by atoms with Gasteiger partial charge in [-0.25, -0.2) is 10.3 Å². The van der Waals surface area contributed by atoms with E-state index in [0.29, 0.717) is 18.7 Å². The fourth-order valence-electron chi connectivity index (χ4n) is 3.63. The Labute approximate surface area is 188 Å². The zero-order chi connectivity index (χ0) is 24.2. The van der Waals surface area contributed by atoms with E-state index in [1.165, 1.54) is 34.6 Å². The molecule has 33 heavy (non-hydrogen) atoms. The minimum Gasteiger partial charge on any atom is -0.406 e. The number of amides is 3. The third-order valence-electron chi connectivity index (χ3n) is 4.94. The molecule has 0 aliphatic carbocycles. The molecule has 0 spiro atoms. The maximum Gasteiger partial charge on any atom is 0.573 e. The largest absolute Gasteiger partial charge is 0.573 e. The first-order chi connectivity index (χ1) is 15.6. The number of hydrogen-bond donors (Lipinski definition) is 2. The summed E-state index contributed by atoms with van der Waals surface area (Å²) in [5.74, 6) is -1.14. The molecule has 0 bridgehead atoms. The van der Waals surface area contributed by atoms with Gasteiger partial charge in [0.05, 0.1) is 18.8 Å². The van der Waals surface area contributed by atoms with Crippen molar-refractivity contribution in [2.24, 2.45) is 0 Å². The Balaban J connectivity index is 1.92. The van der Waals surface area contributed by atoms with Crippen LogP contribution in [0.25, 0.3) is 0 Å². The maximum atomic E-state index is 13.4. The third-order valence-corrected chi connectivity index (χ3v) is 4.94. The van der Waals surface area contributed by atoms with Crippen LogP contribution in [0.1, 0.15) is 29.8 Å². The molecule has 2 aromatic carbocycles. The number of hydroxylamine groups is 1. The third kappa shape index (κ3) is 6.59. The van der Waals surface area contributed by atoms with Crippen molar-refractivity contribution < 1.29 is 37.4 Å². The number of urea groups is 1. The van der Waals surface area contributed by atoms with Gasteiger partial charge >= 0.3 is 12.4 Å². The van der Waals surface area contributed by atoms with Crippen molar-refractivity contribution in [2.45, 2.75) is 39.0 Å². The van der Waals surface area contributed by atoms with Gasteiger partial charge in [-0.3, -0.25) is 14.9 Å². The van der Waals surface area contributed by atoms with Gasteiger partial charge in [-0.05, 0) is 43.7 Å². The van der Waals surface area contributed by atoms with Crippen molar-refractivity contribution in [3.8, 4) is 5.75 Å². The first kappa shape index (κ1) is 24.3. The van der Waals surface area contributed by atoms with Crippen LogP contribution >= 0.6 is 0 Å². The van der Waals surface area contributed by atoms with Crippen molar-refractivity contribution in [3.05, 3.63) is 59.7 Å². The van der Waals surface area contributed by atoms with Crippen LogP contribution in [0, 0.1) is 0 Å². The fourth-order valence-corrected chi connectivity index (χ4v) is 3.63. The first-order valence-corrected chi connectivity index (χ1v) is 10.2. The van der Waals surface area contributed by atoms with Gasteiger partial charge in [-0.1, -0.05) is 18.2 Å². The minimum absolute atomic E-state index is 0.0233. The molecule has 1 heterocycles. The number of alkyl halides is 3. The van der Waals surface area contributed by atoms with Crippen LogP contribution < -0.4 is 15.1 Å². The van der Waals surface area contributed by atoms with Gasteiger partial charge in [-0.15, -0.1) is 13.2 Å². The predicted octanol–water partition coefficient (Wildman–Crippen LogP) is 3.94. The molecule has 3 amide bonds. The molecule has 1 aliphatic rings. The highest BCUT2D eigenvalue weighted by molar-refractivity contribution is 5.94. The van der Waals surface area contributed by atoms with E-state index in [1.54, 1.807) is 17.0 Å². The lowest BCUT2D eigenvalue weighted by Gasteiger charge is -2.38. The van der Waals surface area contributed by atoms with Crippen LogP contribution in [0.2, 0.25) is 0 Å². The number of rotatable bonds is 5. The summed E-state index contributed by atoms with van der Waals surface area (Å²) in [6.45, 7) is 4.35. The lowest BCUT2D eigenvalue weighted by atomic mass is 10.1. The van der Waals surface area contributed by atoms with Crippen LogP contribution in [0.5, 0.6) is 5.75 Å². The molecule has 1 saturated heterocycles. The van der Waals surface area contributed by atoms with Gasteiger partial charge in [0.25, 0.3) is 5.91 Å². The summed E-state index contributed by atoms with van der Waals surface area (Å²) in [5.41, 5.74) is 2.57. The quantitative estimate of drug-likeness (QED) is 0.514. The van der Waals surface area contributed by atoms with E-state index in [4.69, 9.17) is 9.94 Å². The van der Waals surface area contributed by atoms with E-state index in [2.05, 4.69) is 4.74 Å². The zero-order valence-electron chi connectivity index (χ0n) is 18.0. The zero-order valence-corrected chi connectivity index (χ0v) is 18.0. The normalized spacial score (nSPS) is 18.5. The average molecular weight is 467 g/mol. The molecule has 0 radical (unpaired) electrons. The molecule has 0 aromatic heterocycles. The van der Waals surface area contributed by atoms with Gasteiger partial charge in [0.15, 0.2) is 0 Å². The second kappa shape index (κ2) is 10.1. The van der Waals surface area contributed by atoms with Gasteiger partial charge in [0, 0.05) is 30.4 Å². The molecule has 2 unspecified atom stereocenters. The Morgan fingerprint density at radius 1 is 1.15 bits per heavy atom. The van der Waals surface area contributed by atoms with Gasteiger partial charge in [0.2, 0.25) is 0 Å². The fraction of sp³-hybridized carbons (Fsp3) is 0.364. The number of carbonyl (C=O) groups is 2. The van der Waals surface area contributed by atoms with Crippen LogP contribution in [-0.2, 0) is 11.3 Å². The molecular weight excluding hydrogens is 443 g/mol. The number of morpholine rings is 1. The number of carbonyl (C=O) groups excluding carboxylic acids is 2. The maximum absolute atomic E-state index is 13.4. The lowest BCUT2D eigenvalue weighted by Crippen LogP contribution is -2.52. The number of hydrogen-bond acceptors (Lipinski definition) is 5. The Hall–Kier alpha value is -3.31. The summed E-state index contributed by atoms with van der Waals surface area (Å²) in [6, 6.07) is 10.9. The highest BCUT2D eigenvalue weighted by Crippen LogP contribution is 2.29. The Morgan fingerprint density at radius 3 is 2.36 bits per heavy atom. The van der Waals surface area contributed by atoms with Crippen LogP contribution in [-0.4, -0.2) is 53.7 Å². The van der Waals surface area contributed by atoms with E-state index in [9.17, 15) is 22.8 Å². The molecule has 11 heteroatoms. The Kier molecular flexibility index (Phi) is 7.44. The summed E-state index contributed by atoms with van der Waals surface area (Å²) in [7, 11) is 0. The van der Waals surface area contributed by atoms with E-state index in [-0.39, 0.29) is 30.0 Å². The molecular formula is C22H24F3N3O5. The lowest BCUT2D eigenvalue weighted by molar-refractivity contribution is -0.274. The summed E-state index contributed by atoms with van der Waals surface area (Å²) < 4.78 is 47.8. The highest BCUT2D eigenvalue weighted by Gasteiger charge is 2.33. The van der Waals surface area contributed by atoms with Crippen molar-refractivity contribution in [1.29, 1.82) is 0 Å². The van der Waals surface area contributed by atoms with E-state index < -0.39 is 24.1 Å². The topological polar surface area (TPSA) is 91.3 Å². The molecule has 3 rings (SSSR count). The molecule has 0 saturated carbocycles. The average Bonchev–Trinajstić information content (AvgIpc) is 2.75. The summed E-state index contributed by atoms with van der Waals surface area (Å²) >= 11 is 0. The number of anilines is 1. The predicted molar refractivity (Wildman–Crippen MR) is 112 cm³/mol. The van der Waals surface area contributed by atoms with Crippen molar-refractivity contribution in [2.75, 3.05) is 18.0 Å². The van der Waals surface area contributed by atoms with E-state index in [1.807, 2.05) is 13.8 Å². The summed E-state index contributed by atoms with van der Waals surface area (Å²) in [4.78, 5) is 27.9. The number of benzene rings is 2. The number of nitrogens with one attached hydrogen (secondary N) is 1. The van der Waals surface area contributed by atoms with Crippen molar-refractivity contribution in [3.63, 3.8) is 0 Å². The van der Waals surface area contributed by atoms with Gasteiger partial charge < -0.3 is 14.4 Å². The molecule has 2 aromatic rings. The molecule has 2 N–H and O–H groups in total. The Morgan fingerprint density at radius 2 is 1.79 bits per heavy atom. The van der Waals surface area contributed by atoms with Crippen LogP contribution in [0.4, 0.5) is 23.7 Å². The van der Waals surface area contributed by atoms with E-state index >= 15 is 0 Å². The Bertz CT molecular complexity index is 974. The van der Waals surface area contributed by atoms with Crippen LogP contribution in [0.3, 0.4) is 0 Å². The van der Waals surface area contributed by atoms with Gasteiger partial charge in [0.1, 0.15) is 5.75 Å². The first-order valence-electron chi connectivity index (χ1n) is 10.2. The second-order valence-electron chi connectivity index (χ2n) is 7.71. The number of ether oxygens (including phenoxy) is 2. The molecule has 1 aliphatic heterocycles. The van der Waals surface area contributed by atoms with E-state index in [0.717, 1.165) is 12.1 Å². The smallest absolute Gasteiger partial charge is 0.406 e. The summed E-state index contributed by atoms with van der Waals surface area (Å²) in [6.07, 6.45) is -5.27. The van der Waals surface area contributed by atoms with Crippen molar-refractivity contribution in [1.82, 2.24) is 10.4 Å². The molecule has 8 nitrogen and oxygen atoms in total. The molecule has 1 fully saturated rings.